The minimum Gasteiger partial charge on any atom is -0.493 e. The van der Waals surface area contributed by atoms with Crippen LogP contribution in [0.2, 0.25) is 0 Å². The third-order valence-corrected chi connectivity index (χ3v) is 6.99. The molecule has 2 aromatic heterocycles. The molecular weight excluding hydrogens is 494 g/mol. The Hall–Kier alpha value is -4.18. The van der Waals surface area contributed by atoms with E-state index in [4.69, 9.17) is 14.2 Å². The zero-order valence-corrected chi connectivity index (χ0v) is 21.6. The molecule has 2 heterocycles. The van der Waals surface area contributed by atoms with E-state index in [-0.39, 0.29) is 24.6 Å². The second kappa shape index (κ2) is 11.7. The molecule has 0 saturated heterocycles. The number of benzene rings is 2. The number of hydrogen-bond acceptors (Lipinski definition) is 8. The van der Waals surface area contributed by atoms with Crippen molar-refractivity contribution in [3.05, 3.63) is 86.8 Å². The number of ether oxygens (including phenoxy) is 3. The molecule has 0 atom stereocenters. The zero-order chi connectivity index (χ0) is 26.4. The van der Waals surface area contributed by atoms with Crippen LogP contribution in [-0.4, -0.2) is 42.2 Å². The molecule has 0 aliphatic rings. The van der Waals surface area contributed by atoms with Gasteiger partial charge in [-0.05, 0) is 42.2 Å². The van der Waals surface area contributed by atoms with Crippen molar-refractivity contribution in [2.24, 2.45) is 0 Å². The largest absolute Gasteiger partial charge is 0.493 e. The third kappa shape index (κ3) is 5.97. The highest BCUT2D eigenvalue weighted by molar-refractivity contribution is 7.20. The fraction of sp³-hybridized carbons (Fsp3) is 0.259. The van der Waals surface area contributed by atoms with Crippen LogP contribution >= 0.6 is 11.3 Å². The van der Waals surface area contributed by atoms with Gasteiger partial charge in [0.1, 0.15) is 22.9 Å². The number of carbonyl (C=O) groups excluding carboxylic acids is 2. The van der Waals surface area contributed by atoms with Gasteiger partial charge in [-0.1, -0.05) is 36.4 Å². The van der Waals surface area contributed by atoms with Crippen molar-refractivity contribution in [1.82, 2.24) is 14.9 Å². The average Bonchev–Trinajstić information content (AvgIpc) is 3.26. The van der Waals surface area contributed by atoms with Crippen molar-refractivity contribution < 1.29 is 23.8 Å². The van der Waals surface area contributed by atoms with Gasteiger partial charge < -0.3 is 19.5 Å². The summed E-state index contributed by atoms with van der Waals surface area (Å²) in [6, 6.07) is 14.9. The van der Waals surface area contributed by atoms with E-state index in [1.165, 1.54) is 10.9 Å². The number of rotatable bonds is 10. The van der Waals surface area contributed by atoms with Crippen LogP contribution in [0.4, 0.5) is 0 Å². The van der Waals surface area contributed by atoms with Crippen molar-refractivity contribution in [2.75, 3.05) is 20.8 Å². The van der Waals surface area contributed by atoms with Gasteiger partial charge in [0.15, 0.2) is 11.5 Å². The molecule has 0 saturated carbocycles. The number of aromatic nitrogens is 2. The first kappa shape index (κ1) is 25.9. The summed E-state index contributed by atoms with van der Waals surface area (Å²) < 4.78 is 17.2. The molecule has 0 fully saturated rings. The standard InChI is InChI=1S/C27H27N3O6S/c1-17-23-25(37-24(17)27(33)36-15-19-7-5-4-6-8-19)29-16-30(26(23)32)14-22(31)28-12-11-18-9-10-20(34-2)21(13-18)35-3/h4-10,13,16H,11-12,14-15H2,1-3H3,(H,28,31). The number of methoxy groups -OCH3 is 2. The number of thiophene rings is 1. The smallest absolute Gasteiger partial charge is 0.349 e. The predicted octanol–water partition coefficient (Wildman–Crippen LogP) is 3.50. The molecule has 1 N–H and O–H groups in total. The molecule has 0 aliphatic heterocycles. The van der Waals surface area contributed by atoms with E-state index in [0.717, 1.165) is 22.5 Å². The van der Waals surface area contributed by atoms with Gasteiger partial charge in [-0.25, -0.2) is 9.78 Å². The highest BCUT2D eigenvalue weighted by Gasteiger charge is 2.21. The number of hydrogen-bond donors (Lipinski definition) is 1. The van der Waals surface area contributed by atoms with Crippen LogP contribution in [0.5, 0.6) is 11.5 Å². The maximum absolute atomic E-state index is 13.1. The molecule has 2 aromatic carbocycles. The number of nitrogens with zero attached hydrogens (tertiary/aromatic N) is 2. The lowest BCUT2D eigenvalue weighted by Crippen LogP contribution is -2.33. The van der Waals surface area contributed by atoms with Gasteiger partial charge in [-0.3, -0.25) is 14.2 Å². The molecular formula is C27H27N3O6S. The molecule has 0 bridgehead atoms. The van der Waals surface area contributed by atoms with Crippen molar-refractivity contribution in [3.8, 4) is 11.5 Å². The number of carbonyl (C=O) groups is 2. The first-order chi connectivity index (χ1) is 17.9. The molecule has 1 amide bonds. The highest BCUT2D eigenvalue weighted by Crippen LogP contribution is 2.28. The average molecular weight is 522 g/mol. The monoisotopic (exact) mass is 521 g/mol. The van der Waals surface area contributed by atoms with E-state index < -0.39 is 5.97 Å². The lowest BCUT2D eigenvalue weighted by atomic mass is 10.1. The summed E-state index contributed by atoms with van der Waals surface area (Å²) in [6.07, 6.45) is 1.91. The van der Waals surface area contributed by atoms with Gasteiger partial charge in [0.25, 0.3) is 5.56 Å². The Labute approximate surface area is 217 Å². The Morgan fingerprint density at radius 2 is 1.78 bits per heavy atom. The van der Waals surface area contributed by atoms with Crippen LogP contribution in [0.3, 0.4) is 0 Å². The van der Waals surface area contributed by atoms with E-state index in [1.807, 2.05) is 48.5 Å². The highest BCUT2D eigenvalue weighted by atomic mass is 32.1. The molecule has 192 valence electrons. The number of nitrogens with one attached hydrogen (secondary N) is 1. The molecule has 0 radical (unpaired) electrons. The number of fused-ring (bicyclic) bond motifs is 1. The second-order valence-corrected chi connectivity index (χ2v) is 9.26. The Kier molecular flexibility index (Phi) is 8.19. The topological polar surface area (TPSA) is 109 Å². The summed E-state index contributed by atoms with van der Waals surface area (Å²) in [5.74, 6) is 0.419. The molecule has 4 aromatic rings. The van der Waals surface area contributed by atoms with E-state index in [2.05, 4.69) is 10.3 Å². The molecule has 10 heteroatoms. The Morgan fingerprint density at radius 3 is 2.51 bits per heavy atom. The summed E-state index contributed by atoms with van der Waals surface area (Å²) >= 11 is 1.11. The van der Waals surface area contributed by atoms with Gasteiger partial charge in [0.05, 0.1) is 25.9 Å². The van der Waals surface area contributed by atoms with Crippen LogP contribution in [0.25, 0.3) is 10.2 Å². The lowest BCUT2D eigenvalue weighted by molar-refractivity contribution is -0.121. The summed E-state index contributed by atoms with van der Waals surface area (Å²) in [5, 5.41) is 3.14. The quantitative estimate of drug-likeness (QED) is 0.318. The van der Waals surface area contributed by atoms with Gasteiger partial charge in [-0.2, -0.15) is 0 Å². The number of aryl methyl sites for hydroxylation is 1. The van der Waals surface area contributed by atoms with Gasteiger partial charge in [-0.15, -0.1) is 11.3 Å². The summed E-state index contributed by atoms with van der Waals surface area (Å²) in [4.78, 5) is 43.3. The SMILES string of the molecule is COc1ccc(CCNC(=O)Cn2cnc3sc(C(=O)OCc4ccccc4)c(C)c3c2=O)cc1OC. The van der Waals surface area contributed by atoms with Crippen molar-refractivity contribution in [3.63, 3.8) is 0 Å². The third-order valence-electron chi connectivity index (χ3n) is 5.81. The second-order valence-electron chi connectivity index (χ2n) is 8.26. The minimum atomic E-state index is -0.511. The van der Waals surface area contributed by atoms with E-state index in [9.17, 15) is 14.4 Å². The molecule has 0 unspecified atom stereocenters. The Balaban J connectivity index is 1.39. The van der Waals surface area contributed by atoms with Crippen molar-refractivity contribution in [1.29, 1.82) is 0 Å². The van der Waals surface area contributed by atoms with Gasteiger partial charge in [0.2, 0.25) is 5.91 Å². The molecule has 4 rings (SSSR count). The van der Waals surface area contributed by atoms with Crippen LogP contribution in [-0.2, 0) is 29.1 Å². The van der Waals surface area contributed by atoms with E-state index >= 15 is 0 Å². The maximum Gasteiger partial charge on any atom is 0.349 e. The lowest BCUT2D eigenvalue weighted by Gasteiger charge is -2.10. The maximum atomic E-state index is 13.1. The Bertz CT molecular complexity index is 1480. The minimum absolute atomic E-state index is 0.133. The Morgan fingerprint density at radius 1 is 1.03 bits per heavy atom. The first-order valence-corrected chi connectivity index (χ1v) is 12.4. The summed E-state index contributed by atoms with van der Waals surface area (Å²) in [7, 11) is 3.14. The molecule has 0 aliphatic carbocycles. The summed E-state index contributed by atoms with van der Waals surface area (Å²) in [6.45, 7) is 2.02. The van der Waals surface area contributed by atoms with Crippen LogP contribution < -0.4 is 20.3 Å². The fourth-order valence-electron chi connectivity index (χ4n) is 3.85. The fourth-order valence-corrected chi connectivity index (χ4v) is 4.88. The predicted molar refractivity (Wildman–Crippen MR) is 140 cm³/mol. The van der Waals surface area contributed by atoms with Gasteiger partial charge in [0, 0.05) is 6.54 Å². The first-order valence-electron chi connectivity index (χ1n) is 11.6. The van der Waals surface area contributed by atoms with Crippen molar-refractivity contribution >= 4 is 33.4 Å². The molecule has 9 nitrogen and oxygen atoms in total. The normalized spacial score (nSPS) is 10.8. The molecule has 37 heavy (non-hydrogen) atoms. The van der Waals surface area contributed by atoms with Crippen LogP contribution in [0.1, 0.15) is 26.4 Å². The number of amides is 1. The molecule has 0 spiro atoms. The van der Waals surface area contributed by atoms with Crippen molar-refractivity contribution in [2.45, 2.75) is 26.5 Å². The number of esters is 1. The summed E-state index contributed by atoms with van der Waals surface area (Å²) in [5.41, 5.74) is 1.96. The zero-order valence-electron chi connectivity index (χ0n) is 20.8. The van der Waals surface area contributed by atoms with Crippen LogP contribution in [0.15, 0.2) is 59.7 Å². The van der Waals surface area contributed by atoms with Crippen LogP contribution in [0, 0.1) is 6.92 Å². The van der Waals surface area contributed by atoms with E-state index in [0.29, 0.717) is 45.1 Å². The van der Waals surface area contributed by atoms with Gasteiger partial charge >= 0.3 is 5.97 Å². The van der Waals surface area contributed by atoms with E-state index in [1.54, 1.807) is 21.1 Å².